The number of carboxylic acids is 1. The Kier molecular flexibility index (Phi) is 2.82. The van der Waals surface area contributed by atoms with Crippen LogP contribution in [0.1, 0.15) is 10.5 Å². The fraction of sp³-hybridized carbons (Fsp3) is 0. The lowest BCUT2D eigenvalue weighted by Gasteiger charge is -2.02. The average Bonchev–Trinajstić information content (AvgIpc) is 2.33. The third kappa shape index (κ3) is 2.28. The highest BCUT2D eigenvalue weighted by Crippen LogP contribution is 2.19. The van der Waals surface area contributed by atoms with Crippen molar-refractivity contribution in [3.05, 3.63) is 53.7 Å². The van der Waals surface area contributed by atoms with Crippen molar-refractivity contribution >= 4 is 5.97 Å². The Bertz CT molecular complexity index is 584. The Hall–Kier alpha value is -2.30. The summed E-state index contributed by atoms with van der Waals surface area (Å²) >= 11 is 0. The Morgan fingerprint density at radius 3 is 2.53 bits per heavy atom. The van der Waals surface area contributed by atoms with Gasteiger partial charge in [-0.05, 0) is 30.3 Å². The molecule has 0 unspecified atom stereocenters. The quantitative estimate of drug-likeness (QED) is 0.870. The standard InChI is InChI=1S/C12H7F2NO2/c13-8-5-4-7(6-9(8)14)10-2-1-3-11(15-10)12(16)17/h1-6H,(H,16,17). The number of aromatic carboxylic acids is 1. The van der Waals surface area contributed by atoms with Crippen molar-refractivity contribution in [2.24, 2.45) is 0 Å². The zero-order valence-corrected chi connectivity index (χ0v) is 8.52. The third-order valence-electron chi connectivity index (χ3n) is 2.18. The minimum absolute atomic E-state index is 0.146. The number of hydrogen-bond donors (Lipinski definition) is 1. The van der Waals surface area contributed by atoms with E-state index in [1.165, 1.54) is 24.3 Å². The second-order valence-corrected chi connectivity index (χ2v) is 3.34. The number of benzene rings is 1. The first kappa shape index (κ1) is 11.2. The number of carbonyl (C=O) groups is 1. The van der Waals surface area contributed by atoms with E-state index in [1.54, 1.807) is 0 Å². The Morgan fingerprint density at radius 2 is 1.88 bits per heavy atom. The SMILES string of the molecule is O=C(O)c1cccc(-c2ccc(F)c(F)c2)n1. The maximum atomic E-state index is 13.0. The maximum Gasteiger partial charge on any atom is 0.354 e. The van der Waals surface area contributed by atoms with Crippen molar-refractivity contribution in [2.45, 2.75) is 0 Å². The lowest BCUT2D eigenvalue weighted by atomic mass is 10.1. The van der Waals surface area contributed by atoms with Crippen molar-refractivity contribution in [1.82, 2.24) is 4.98 Å². The molecule has 86 valence electrons. The van der Waals surface area contributed by atoms with Gasteiger partial charge >= 0.3 is 5.97 Å². The Balaban J connectivity index is 2.49. The summed E-state index contributed by atoms with van der Waals surface area (Å²) in [4.78, 5) is 14.5. The van der Waals surface area contributed by atoms with Crippen LogP contribution in [-0.2, 0) is 0 Å². The predicted octanol–water partition coefficient (Wildman–Crippen LogP) is 2.73. The van der Waals surface area contributed by atoms with Gasteiger partial charge in [0.1, 0.15) is 5.69 Å². The topological polar surface area (TPSA) is 50.2 Å². The van der Waals surface area contributed by atoms with Gasteiger partial charge in [0.2, 0.25) is 0 Å². The van der Waals surface area contributed by atoms with Gasteiger partial charge in [-0.3, -0.25) is 0 Å². The minimum Gasteiger partial charge on any atom is -0.477 e. The van der Waals surface area contributed by atoms with Gasteiger partial charge < -0.3 is 5.11 Å². The molecule has 2 rings (SSSR count). The molecule has 0 bridgehead atoms. The molecule has 1 N–H and O–H groups in total. The highest BCUT2D eigenvalue weighted by atomic mass is 19.2. The monoisotopic (exact) mass is 235 g/mol. The van der Waals surface area contributed by atoms with E-state index < -0.39 is 17.6 Å². The molecule has 1 aromatic heterocycles. The molecule has 0 saturated heterocycles. The Morgan fingerprint density at radius 1 is 1.12 bits per heavy atom. The molecule has 5 heteroatoms. The van der Waals surface area contributed by atoms with E-state index in [1.807, 2.05) is 0 Å². The van der Waals surface area contributed by atoms with Gasteiger partial charge in [-0.1, -0.05) is 6.07 Å². The van der Waals surface area contributed by atoms with Crippen molar-refractivity contribution in [3.63, 3.8) is 0 Å². The first-order valence-electron chi connectivity index (χ1n) is 4.73. The first-order chi connectivity index (χ1) is 8.08. The van der Waals surface area contributed by atoms with Gasteiger partial charge in [0.05, 0.1) is 5.69 Å². The lowest BCUT2D eigenvalue weighted by molar-refractivity contribution is 0.0690. The molecule has 1 heterocycles. The van der Waals surface area contributed by atoms with E-state index in [-0.39, 0.29) is 11.4 Å². The molecule has 0 radical (unpaired) electrons. The lowest BCUT2D eigenvalue weighted by Crippen LogP contribution is -2.00. The van der Waals surface area contributed by atoms with Crippen LogP contribution in [0.15, 0.2) is 36.4 Å². The summed E-state index contributed by atoms with van der Waals surface area (Å²) in [7, 11) is 0. The molecule has 0 aliphatic rings. The van der Waals surface area contributed by atoms with Crippen molar-refractivity contribution in [3.8, 4) is 11.3 Å². The largest absolute Gasteiger partial charge is 0.477 e. The number of carboxylic acid groups (broad SMARTS) is 1. The number of pyridine rings is 1. The summed E-state index contributed by atoms with van der Waals surface area (Å²) in [5.74, 6) is -3.12. The van der Waals surface area contributed by atoms with Gasteiger partial charge in [-0.15, -0.1) is 0 Å². The molecule has 0 fully saturated rings. The van der Waals surface area contributed by atoms with Crippen LogP contribution in [0, 0.1) is 11.6 Å². The van der Waals surface area contributed by atoms with E-state index in [4.69, 9.17) is 5.11 Å². The molecular formula is C12H7F2NO2. The number of rotatable bonds is 2. The molecule has 1 aromatic carbocycles. The fourth-order valence-corrected chi connectivity index (χ4v) is 1.37. The molecule has 0 aliphatic carbocycles. The van der Waals surface area contributed by atoms with E-state index in [2.05, 4.69) is 4.98 Å². The molecule has 0 saturated carbocycles. The van der Waals surface area contributed by atoms with Crippen LogP contribution >= 0.6 is 0 Å². The molecule has 0 amide bonds. The van der Waals surface area contributed by atoms with Crippen LogP contribution < -0.4 is 0 Å². The zero-order valence-electron chi connectivity index (χ0n) is 8.52. The average molecular weight is 235 g/mol. The summed E-state index contributed by atoms with van der Waals surface area (Å²) in [6.07, 6.45) is 0. The fourth-order valence-electron chi connectivity index (χ4n) is 1.37. The van der Waals surface area contributed by atoms with Gasteiger partial charge in [-0.2, -0.15) is 0 Å². The smallest absolute Gasteiger partial charge is 0.354 e. The minimum atomic E-state index is -1.17. The van der Waals surface area contributed by atoms with Crippen LogP contribution in [-0.4, -0.2) is 16.1 Å². The van der Waals surface area contributed by atoms with Crippen LogP contribution in [0.3, 0.4) is 0 Å². The third-order valence-corrected chi connectivity index (χ3v) is 2.18. The molecule has 17 heavy (non-hydrogen) atoms. The second kappa shape index (κ2) is 4.29. The summed E-state index contributed by atoms with van der Waals surface area (Å²) < 4.78 is 25.7. The molecular weight excluding hydrogens is 228 g/mol. The molecule has 2 aromatic rings. The van der Waals surface area contributed by atoms with E-state index in [0.717, 1.165) is 12.1 Å². The van der Waals surface area contributed by atoms with Gasteiger partial charge in [0.25, 0.3) is 0 Å². The van der Waals surface area contributed by atoms with Crippen molar-refractivity contribution in [2.75, 3.05) is 0 Å². The first-order valence-corrected chi connectivity index (χ1v) is 4.73. The molecule has 0 aliphatic heterocycles. The highest BCUT2D eigenvalue weighted by Gasteiger charge is 2.08. The highest BCUT2D eigenvalue weighted by molar-refractivity contribution is 5.86. The number of nitrogens with zero attached hydrogens (tertiary/aromatic N) is 1. The van der Waals surface area contributed by atoms with Crippen LogP contribution in [0.2, 0.25) is 0 Å². The second-order valence-electron chi connectivity index (χ2n) is 3.34. The summed E-state index contributed by atoms with van der Waals surface area (Å²) in [6.45, 7) is 0. The van der Waals surface area contributed by atoms with Crippen LogP contribution in [0.4, 0.5) is 8.78 Å². The zero-order chi connectivity index (χ0) is 12.4. The van der Waals surface area contributed by atoms with E-state index in [9.17, 15) is 13.6 Å². The van der Waals surface area contributed by atoms with Crippen molar-refractivity contribution < 1.29 is 18.7 Å². The Labute approximate surface area is 95.4 Å². The predicted molar refractivity (Wildman–Crippen MR) is 56.5 cm³/mol. The molecule has 0 atom stereocenters. The molecule has 0 spiro atoms. The van der Waals surface area contributed by atoms with Crippen molar-refractivity contribution in [1.29, 1.82) is 0 Å². The van der Waals surface area contributed by atoms with Gasteiger partial charge in [0.15, 0.2) is 11.6 Å². The van der Waals surface area contributed by atoms with E-state index in [0.29, 0.717) is 5.56 Å². The number of halogens is 2. The molecule has 3 nitrogen and oxygen atoms in total. The van der Waals surface area contributed by atoms with Gasteiger partial charge in [0, 0.05) is 5.56 Å². The summed E-state index contributed by atoms with van der Waals surface area (Å²) in [5.41, 5.74) is 0.461. The summed E-state index contributed by atoms with van der Waals surface area (Å²) in [5, 5.41) is 8.76. The van der Waals surface area contributed by atoms with Crippen LogP contribution in [0.5, 0.6) is 0 Å². The van der Waals surface area contributed by atoms with E-state index >= 15 is 0 Å². The number of hydrogen-bond acceptors (Lipinski definition) is 2. The van der Waals surface area contributed by atoms with Gasteiger partial charge in [-0.25, -0.2) is 18.6 Å². The van der Waals surface area contributed by atoms with Crippen LogP contribution in [0.25, 0.3) is 11.3 Å². The normalized spacial score (nSPS) is 10.2. The maximum absolute atomic E-state index is 13.0. The number of aromatic nitrogens is 1. The summed E-state index contributed by atoms with van der Waals surface area (Å²) in [6, 6.07) is 7.63.